The second-order valence-electron chi connectivity index (χ2n) is 3.79. The van der Waals surface area contributed by atoms with Crippen molar-refractivity contribution in [2.45, 2.75) is 13.0 Å². The van der Waals surface area contributed by atoms with Gasteiger partial charge < -0.3 is 14.2 Å². The highest BCUT2D eigenvalue weighted by Crippen LogP contribution is 2.08. The lowest BCUT2D eigenvalue weighted by Crippen LogP contribution is -2.06. The smallest absolute Gasteiger partial charge is 0.333 e. The van der Waals surface area contributed by atoms with Crippen molar-refractivity contribution in [1.29, 1.82) is 5.26 Å². The second-order valence-corrected chi connectivity index (χ2v) is 3.79. The van der Waals surface area contributed by atoms with E-state index in [1.807, 2.05) is 0 Å². The van der Waals surface area contributed by atoms with Crippen LogP contribution in [0.2, 0.25) is 0 Å². The zero-order valence-corrected chi connectivity index (χ0v) is 12.7. The fraction of sp³-hybridized carbons (Fsp3) is 0.312. The molecular formula is C16H21NO5. The summed E-state index contributed by atoms with van der Waals surface area (Å²) in [7, 11) is 0. The molecule has 0 aromatic rings. The van der Waals surface area contributed by atoms with E-state index in [0.29, 0.717) is 18.8 Å². The monoisotopic (exact) mass is 307 g/mol. The Bertz CT molecular complexity index is 444. The standard InChI is InChI=1S/C7H10O2.C6H8O3.C3H3N/c1-4-5-9-7(8)6(2)3;1-2-6(7)9-4-5-3-8-5;1-2-3-4/h4H,1-2,5H2,3H3;2,5H,1,3-4H2;2H,1H2. The Morgan fingerprint density at radius 1 is 1.36 bits per heavy atom. The number of nitriles is 1. The summed E-state index contributed by atoms with van der Waals surface area (Å²) < 4.78 is 14.0. The average Bonchev–Trinajstić information content (AvgIpc) is 3.35. The molecular weight excluding hydrogens is 286 g/mol. The van der Waals surface area contributed by atoms with Gasteiger partial charge in [0.1, 0.15) is 19.3 Å². The number of carbonyl (C=O) groups excluding carboxylic acids is 2. The molecule has 0 aromatic heterocycles. The Balaban J connectivity index is 0. The number of allylic oxidation sites excluding steroid dienone is 1. The summed E-state index contributed by atoms with van der Waals surface area (Å²) in [6.45, 7) is 16.1. The van der Waals surface area contributed by atoms with Gasteiger partial charge in [0.15, 0.2) is 0 Å². The summed E-state index contributed by atoms with van der Waals surface area (Å²) >= 11 is 0. The van der Waals surface area contributed by atoms with Crippen molar-refractivity contribution in [1.82, 2.24) is 0 Å². The Hall–Kier alpha value is -2.65. The first-order valence-corrected chi connectivity index (χ1v) is 6.27. The summed E-state index contributed by atoms with van der Waals surface area (Å²) in [5, 5.41) is 7.51. The number of epoxide rings is 1. The van der Waals surface area contributed by atoms with Gasteiger partial charge in [-0.2, -0.15) is 5.26 Å². The molecule has 1 atom stereocenters. The van der Waals surface area contributed by atoms with Gasteiger partial charge in [-0.15, -0.1) is 0 Å². The van der Waals surface area contributed by atoms with Gasteiger partial charge in [-0.25, -0.2) is 9.59 Å². The van der Waals surface area contributed by atoms with Crippen LogP contribution in [0, 0.1) is 11.3 Å². The minimum atomic E-state index is -0.384. The van der Waals surface area contributed by atoms with Crippen LogP contribution in [0.5, 0.6) is 0 Å². The predicted molar refractivity (Wildman–Crippen MR) is 82.7 cm³/mol. The van der Waals surface area contributed by atoms with Crippen molar-refractivity contribution in [3.63, 3.8) is 0 Å². The molecule has 6 nitrogen and oxygen atoms in total. The van der Waals surface area contributed by atoms with Crippen molar-refractivity contribution in [3.8, 4) is 6.07 Å². The van der Waals surface area contributed by atoms with Crippen LogP contribution in [0.15, 0.2) is 50.1 Å². The Morgan fingerprint density at radius 2 is 1.91 bits per heavy atom. The minimum Gasteiger partial charge on any atom is -0.460 e. The number of carbonyl (C=O) groups is 2. The lowest BCUT2D eigenvalue weighted by molar-refractivity contribution is -0.138. The van der Waals surface area contributed by atoms with Gasteiger partial charge >= 0.3 is 11.9 Å². The van der Waals surface area contributed by atoms with Crippen LogP contribution in [0.25, 0.3) is 0 Å². The van der Waals surface area contributed by atoms with Gasteiger partial charge in [-0.3, -0.25) is 0 Å². The number of nitrogens with zero attached hydrogens (tertiary/aromatic N) is 1. The average molecular weight is 307 g/mol. The van der Waals surface area contributed by atoms with Gasteiger partial charge in [-0.05, 0) is 6.92 Å². The predicted octanol–water partition coefficient (Wildman–Crippen LogP) is 2.10. The highest BCUT2D eigenvalue weighted by atomic mass is 16.6. The van der Waals surface area contributed by atoms with Crippen molar-refractivity contribution in [2.75, 3.05) is 19.8 Å². The van der Waals surface area contributed by atoms with Gasteiger partial charge in [0, 0.05) is 17.7 Å². The Labute approximate surface area is 131 Å². The van der Waals surface area contributed by atoms with E-state index in [4.69, 9.17) is 10.00 Å². The Morgan fingerprint density at radius 3 is 2.23 bits per heavy atom. The van der Waals surface area contributed by atoms with Gasteiger partial charge in [0.2, 0.25) is 0 Å². The third-order valence-corrected chi connectivity index (χ3v) is 1.75. The number of hydrogen-bond donors (Lipinski definition) is 0. The van der Waals surface area contributed by atoms with Crippen LogP contribution in [-0.4, -0.2) is 37.9 Å². The maximum Gasteiger partial charge on any atom is 0.333 e. The first-order chi connectivity index (χ1) is 10.4. The minimum absolute atomic E-state index is 0.147. The van der Waals surface area contributed by atoms with Gasteiger partial charge in [0.25, 0.3) is 0 Å². The van der Waals surface area contributed by atoms with Crippen molar-refractivity contribution < 1.29 is 23.8 Å². The molecule has 6 heteroatoms. The molecule has 1 heterocycles. The quantitative estimate of drug-likeness (QED) is 0.245. The van der Waals surface area contributed by atoms with E-state index < -0.39 is 0 Å². The molecule has 1 aliphatic rings. The maximum atomic E-state index is 10.5. The van der Waals surface area contributed by atoms with E-state index in [1.54, 1.807) is 13.0 Å². The van der Waals surface area contributed by atoms with Crippen LogP contribution >= 0.6 is 0 Å². The van der Waals surface area contributed by atoms with Crippen molar-refractivity contribution in [2.24, 2.45) is 0 Å². The fourth-order valence-corrected chi connectivity index (χ4v) is 0.656. The molecule has 0 spiro atoms. The van der Waals surface area contributed by atoms with Crippen molar-refractivity contribution >= 4 is 11.9 Å². The first kappa shape index (κ1) is 21.6. The summed E-state index contributed by atoms with van der Waals surface area (Å²) in [6.07, 6.45) is 3.98. The van der Waals surface area contributed by atoms with E-state index in [2.05, 4.69) is 35.8 Å². The zero-order chi connectivity index (χ0) is 17.4. The topological polar surface area (TPSA) is 88.9 Å². The molecule has 1 rings (SSSR count). The molecule has 1 saturated heterocycles. The molecule has 1 unspecified atom stereocenters. The number of hydrogen-bond acceptors (Lipinski definition) is 6. The molecule has 1 aliphatic heterocycles. The molecule has 0 aliphatic carbocycles. The zero-order valence-electron chi connectivity index (χ0n) is 12.7. The fourth-order valence-electron chi connectivity index (χ4n) is 0.656. The third-order valence-electron chi connectivity index (χ3n) is 1.75. The van der Waals surface area contributed by atoms with Crippen LogP contribution in [0.3, 0.4) is 0 Å². The van der Waals surface area contributed by atoms with Crippen LogP contribution in [0.1, 0.15) is 6.92 Å². The summed E-state index contributed by atoms with van der Waals surface area (Å²) in [6, 6.07) is 1.69. The van der Waals surface area contributed by atoms with Crippen LogP contribution in [0.4, 0.5) is 0 Å². The molecule has 0 bridgehead atoms. The largest absolute Gasteiger partial charge is 0.460 e. The molecule has 22 heavy (non-hydrogen) atoms. The van der Waals surface area contributed by atoms with E-state index in [1.165, 1.54) is 12.2 Å². The lowest BCUT2D eigenvalue weighted by Gasteiger charge is -1.97. The van der Waals surface area contributed by atoms with E-state index in [0.717, 1.165) is 6.08 Å². The summed E-state index contributed by atoms with van der Waals surface area (Å²) in [5.41, 5.74) is 0.414. The molecule has 120 valence electrons. The molecule has 1 fully saturated rings. The molecule has 0 aromatic carbocycles. The molecule has 0 amide bonds. The molecule has 0 saturated carbocycles. The highest BCUT2D eigenvalue weighted by Gasteiger charge is 2.23. The van der Waals surface area contributed by atoms with Gasteiger partial charge in [-0.1, -0.05) is 32.4 Å². The SMILES string of the molecule is C=CC#N.C=CC(=O)OCC1CO1.C=CCOC(=O)C(=C)C. The molecule has 0 N–H and O–H groups in total. The third kappa shape index (κ3) is 17.4. The van der Waals surface area contributed by atoms with Crippen LogP contribution < -0.4 is 0 Å². The van der Waals surface area contributed by atoms with E-state index >= 15 is 0 Å². The first-order valence-electron chi connectivity index (χ1n) is 6.27. The van der Waals surface area contributed by atoms with E-state index in [-0.39, 0.29) is 24.6 Å². The normalized spacial score (nSPS) is 13.4. The van der Waals surface area contributed by atoms with Crippen LogP contribution in [-0.2, 0) is 23.8 Å². The second kappa shape index (κ2) is 14.8. The van der Waals surface area contributed by atoms with E-state index in [9.17, 15) is 9.59 Å². The number of ether oxygens (including phenoxy) is 3. The lowest BCUT2D eigenvalue weighted by atomic mass is 10.4. The summed E-state index contributed by atoms with van der Waals surface area (Å²) in [5.74, 6) is -0.750. The summed E-state index contributed by atoms with van der Waals surface area (Å²) in [4.78, 5) is 20.9. The number of esters is 2. The Kier molecular flexibility index (Phi) is 14.5. The van der Waals surface area contributed by atoms with Crippen molar-refractivity contribution in [3.05, 3.63) is 50.1 Å². The maximum absolute atomic E-state index is 10.5. The number of rotatable bonds is 6. The van der Waals surface area contributed by atoms with Gasteiger partial charge in [0.05, 0.1) is 12.7 Å². The highest BCUT2D eigenvalue weighted by molar-refractivity contribution is 5.86. The molecule has 0 radical (unpaired) electrons.